The lowest BCUT2D eigenvalue weighted by molar-refractivity contribution is 0.190. The number of halogens is 2. The van der Waals surface area contributed by atoms with Crippen molar-refractivity contribution in [2.45, 2.75) is 18.9 Å². The Kier molecular flexibility index (Phi) is 4.07. The van der Waals surface area contributed by atoms with Crippen molar-refractivity contribution in [2.24, 2.45) is 0 Å². The Labute approximate surface area is 101 Å². The molecule has 1 aliphatic rings. The van der Waals surface area contributed by atoms with Gasteiger partial charge >= 0.3 is 0 Å². The molecule has 1 fully saturated rings. The number of piperazine rings is 1. The molecule has 0 saturated carbocycles. The molecule has 0 radical (unpaired) electrons. The Morgan fingerprint density at radius 1 is 1.41 bits per heavy atom. The summed E-state index contributed by atoms with van der Waals surface area (Å²) in [7, 11) is 2.09. The summed E-state index contributed by atoms with van der Waals surface area (Å²) in [4.78, 5) is 2.29. The summed E-state index contributed by atoms with van der Waals surface area (Å²) in [6.45, 7) is 2.98. The van der Waals surface area contributed by atoms with Crippen LogP contribution < -0.4 is 5.32 Å². The topological polar surface area (TPSA) is 15.3 Å². The first-order valence-corrected chi connectivity index (χ1v) is 6.01. The third kappa shape index (κ3) is 3.23. The van der Waals surface area contributed by atoms with E-state index in [0.717, 1.165) is 32.1 Å². The third-order valence-electron chi connectivity index (χ3n) is 3.41. The van der Waals surface area contributed by atoms with E-state index < -0.39 is 11.6 Å². The summed E-state index contributed by atoms with van der Waals surface area (Å²) >= 11 is 0. The van der Waals surface area contributed by atoms with Crippen LogP contribution in [0.5, 0.6) is 0 Å². The molecular weight excluding hydrogens is 222 g/mol. The lowest BCUT2D eigenvalue weighted by Gasteiger charge is -2.33. The SMILES string of the molecule is CN1CCNCC1CCc1ccc(F)cc1F. The molecule has 0 amide bonds. The van der Waals surface area contributed by atoms with Crippen molar-refractivity contribution < 1.29 is 8.78 Å². The van der Waals surface area contributed by atoms with Gasteiger partial charge in [0, 0.05) is 31.7 Å². The molecule has 1 heterocycles. The smallest absolute Gasteiger partial charge is 0.129 e. The summed E-state index contributed by atoms with van der Waals surface area (Å²) in [5.74, 6) is -0.945. The van der Waals surface area contributed by atoms with Crippen LogP contribution in [-0.2, 0) is 6.42 Å². The zero-order valence-corrected chi connectivity index (χ0v) is 10.0. The summed E-state index contributed by atoms with van der Waals surface area (Å²) in [6.07, 6.45) is 1.55. The quantitative estimate of drug-likeness (QED) is 0.866. The molecule has 1 saturated heterocycles. The molecular formula is C13H18F2N2. The summed E-state index contributed by atoms with van der Waals surface area (Å²) in [6, 6.07) is 4.26. The van der Waals surface area contributed by atoms with Gasteiger partial charge in [-0.15, -0.1) is 0 Å². The first-order chi connectivity index (χ1) is 8.16. The molecule has 0 bridgehead atoms. The van der Waals surface area contributed by atoms with Gasteiger partial charge in [-0.05, 0) is 31.5 Å². The zero-order chi connectivity index (χ0) is 12.3. The predicted molar refractivity (Wildman–Crippen MR) is 64.0 cm³/mol. The lowest BCUT2D eigenvalue weighted by atomic mass is 10.0. The minimum absolute atomic E-state index is 0.434. The average molecular weight is 240 g/mol. The van der Waals surface area contributed by atoms with Crippen LogP contribution in [0, 0.1) is 11.6 Å². The van der Waals surface area contributed by atoms with E-state index in [1.807, 2.05) is 0 Å². The monoisotopic (exact) mass is 240 g/mol. The Morgan fingerprint density at radius 3 is 2.94 bits per heavy atom. The molecule has 0 aliphatic carbocycles. The number of nitrogens with one attached hydrogen (secondary N) is 1. The van der Waals surface area contributed by atoms with Crippen molar-refractivity contribution in [2.75, 3.05) is 26.7 Å². The predicted octanol–water partition coefficient (Wildman–Crippen LogP) is 1.80. The molecule has 1 aromatic rings. The van der Waals surface area contributed by atoms with E-state index in [4.69, 9.17) is 0 Å². The molecule has 0 spiro atoms. The van der Waals surface area contributed by atoms with Crippen molar-refractivity contribution >= 4 is 0 Å². The fourth-order valence-electron chi connectivity index (χ4n) is 2.23. The zero-order valence-electron chi connectivity index (χ0n) is 10.0. The van der Waals surface area contributed by atoms with Gasteiger partial charge in [0.05, 0.1) is 0 Å². The second kappa shape index (κ2) is 5.56. The van der Waals surface area contributed by atoms with Crippen LogP contribution >= 0.6 is 0 Å². The maximum Gasteiger partial charge on any atom is 0.129 e. The molecule has 17 heavy (non-hydrogen) atoms. The minimum Gasteiger partial charge on any atom is -0.314 e. The van der Waals surface area contributed by atoms with Gasteiger partial charge in [0.25, 0.3) is 0 Å². The van der Waals surface area contributed by atoms with E-state index in [2.05, 4.69) is 17.3 Å². The highest BCUT2D eigenvalue weighted by molar-refractivity contribution is 5.18. The van der Waals surface area contributed by atoms with Gasteiger partial charge in [-0.2, -0.15) is 0 Å². The number of rotatable bonds is 3. The molecule has 1 N–H and O–H groups in total. The second-order valence-corrected chi connectivity index (χ2v) is 4.61. The first kappa shape index (κ1) is 12.5. The number of aryl methyl sites for hydroxylation is 1. The van der Waals surface area contributed by atoms with E-state index in [-0.39, 0.29) is 0 Å². The van der Waals surface area contributed by atoms with E-state index in [1.54, 1.807) is 6.07 Å². The fourth-order valence-corrected chi connectivity index (χ4v) is 2.23. The van der Waals surface area contributed by atoms with Crippen molar-refractivity contribution in [3.63, 3.8) is 0 Å². The highest BCUT2D eigenvalue weighted by Crippen LogP contribution is 2.14. The van der Waals surface area contributed by atoms with E-state index in [9.17, 15) is 8.78 Å². The van der Waals surface area contributed by atoms with Gasteiger partial charge in [-0.25, -0.2) is 8.78 Å². The van der Waals surface area contributed by atoms with E-state index in [1.165, 1.54) is 6.07 Å². The Hall–Kier alpha value is -1.00. The molecule has 2 nitrogen and oxygen atoms in total. The number of benzene rings is 1. The van der Waals surface area contributed by atoms with Gasteiger partial charge in [-0.3, -0.25) is 0 Å². The third-order valence-corrected chi connectivity index (χ3v) is 3.41. The van der Waals surface area contributed by atoms with Crippen LogP contribution in [-0.4, -0.2) is 37.6 Å². The molecule has 2 rings (SSSR count). The van der Waals surface area contributed by atoms with Gasteiger partial charge in [0.15, 0.2) is 0 Å². The summed E-state index contributed by atoms with van der Waals surface area (Å²) in [5, 5.41) is 3.33. The number of likely N-dealkylation sites (N-methyl/N-ethyl adjacent to an activating group) is 1. The Morgan fingerprint density at radius 2 is 2.24 bits per heavy atom. The van der Waals surface area contributed by atoms with Crippen LogP contribution in [0.25, 0.3) is 0 Å². The standard InChI is InChI=1S/C13H18F2N2/c1-17-7-6-16-9-12(17)5-3-10-2-4-11(14)8-13(10)15/h2,4,8,12,16H,3,5-7,9H2,1H3. The normalized spacial score (nSPS) is 21.7. The van der Waals surface area contributed by atoms with Crippen molar-refractivity contribution in [1.82, 2.24) is 10.2 Å². The van der Waals surface area contributed by atoms with Crippen LogP contribution in [0.15, 0.2) is 18.2 Å². The number of hydrogen-bond acceptors (Lipinski definition) is 2. The fraction of sp³-hybridized carbons (Fsp3) is 0.538. The molecule has 1 aliphatic heterocycles. The minimum atomic E-state index is -0.511. The number of nitrogens with zero attached hydrogens (tertiary/aromatic N) is 1. The van der Waals surface area contributed by atoms with Crippen molar-refractivity contribution in [1.29, 1.82) is 0 Å². The van der Waals surface area contributed by atoms with Gasteiger partial charge in [-0.1, -0.05) is 6.07 Å². The summed E-state index contributed by atoms with van der Waals surface area (Å²) in [5.41, 5.74) is 0.602. The molecule has 1 unspecified atom stereocenters. The van der Waals surface area contributed by atoms with Gasteiger partial charge < -0.3 is 10.2 Å². The molecule has 1 atom stereocenters. The largest absolute Gasteiger partial charge is 0.314 e. The van der Waals surface area contributed by atoms with E-state index in [0.29, 0.717) is 18.0 Å². The first-order valence-electron chi connectivity index (χ1n) is 6.01. The molecule has 1 aromatic carbocycles. The highest BCUT2D eigenvalue weighted by atomic mass is 19.1. The van der Waals surface area contributed by atoms with Gasteiger partial charge in [0.1, 0.15) is 11.6 Å². The van der Waals surface area contributed by atoms with Gasteiger partial charge in [0.2, 0.25) is 0 Å². The maximum absolute atomic E-state index is 13.4. The molecule has 4 heteroatoms. The van der Waals surface area contributed by atoms with Crippen molar-refractivity contribution in [3.8, 4) is 0 Å². The van der Waals surface area contributed by atoms with E-state index >= 15 is 0 Å². The van der Waals surface area contributed by atoms with Crippen LogP contribution in [0.2, 0.25) is 0 Å². The molecule has 94 valence electrons. The highest BCUT2D eigenvalue weighted by Gasteiger charge is 2.18. The summed E-state index contributed by atoms with van der Waals surface area (Å²) < 4.78 is 26.2. The van der Waals surface area contributed by atoms with Crippen LogP contribution in [0.4, 0.5) is 8.78 Å². The average Bonchev–Trinajstić information content (AvgIpc) is 2.30. The lowest BCUT2D eigenvalue weighted by Crippen LogP contribution is -2.49. The van der Waals surface area contributed by atoms with Crippen molar-refractivity contribution in [3.05, 3.63) is 35.4 Å². The maximum atomic E-state index is 13.4. The second-order valence-electron chi connectivity index (χ2n) is 4.61. The number of hydrogen-bond donors (Lipinski definition) is 1. The molecule has 0 aromatic heterocycles. The Bertz CT molecular complexity index is 382. The van der Waals surface area contributed by atoms with Crippen LogP contribution in [0.3, 0.4) is 0 Å². The van der Waals surface area contributed by atoms with Crippen LogP contribution in [0.1, 0.15) is 12.0 Å². The Balaban J connectivity index is 1.92.